The topological polar surface area (TPSA) is 58.5 Å². The Morgan fingerprint density at radius 2 is 2.30 bits per heavy atom. The van der Waals surface area contributed by atoms with Gasteiger partial charge in [0.1, 0.15) is 5.71 Å². The van der Waals surface area contributed by atoms with Crippen molar-refractivity contribution >= 4 is 18.0 Å². The number of allylic oxidation sites excluding steroid dienone is 1. The SMILES string of the molecule is C=C/C(C=O)=N\C(=O)NC. The molecule has 0 bridgehead atoms. The van der Waals surface area contributed by atoms with Gasteiger partial charge in [-0.25, -0.2) is 4.79 Å². The summed E-state index contributed by atoms with van der Waals surface area (Å²) in [5, 5.41) is 2.23. The van der Waals surface area contributed by atoms with E-state index in [0.717, 1.165) is 0 Å². The number of hydrogen-bond acceptors (Lipinski definition) is 2. The number of rotatable bonds is 2. The molecule has 4 heteroatoms. The Morgan fingerprint density at radius 1 is 1.70 bits per heavy atom. The zero-order chi connectivity index (χ0) is 7.98. The fourth-order valence-corrected chi connectivity index (χ4v) is 0.293. The fourth-order valence-electron chi connectivity index (χ4n) is 0.293. The van der Waals surface area contributed by atoms with Crippen LogP contribution in [-0.4, -0.2) is 25.1 Å². The van der Waals surface area contributed by atoms with Crippen LogP contribution in [0.3, 0.4) is 0 Å². The minimum Gasteiger partial charge on any atom is -0.339 e. The predicted octanol–water partition coefficient (Wildman–Crippen LogP) is 0.152. The second-order valence-corrected chi connectivity index (χ2v) is 1.41. The highest BCUT2D eigenvalue weighted by Gasteiger charge is 1.93. The number of hydrogen-bond donors (Lipinski definition) is 1. The first-order valence-electron chi connectivity index (χ1n) is 2.62. The average Bonchev–Trinajstić information content (AvgIpc) is 1.99. The molecular weight excluding hydrogens is 132 g/mol. The maximum Gasteiger partial charge on any atom is 0.341 e. The molecule has 0 aliphatic heterocycles. The molecule has 0 aromatic rings. The van der Waals surface area contributed by atoms with E-state index in [1.165, 1.54) is 13.1 Å². The van der Waals surface area contributed by atoms with Crippen LogP contribution < -0.4 is 5.32 Å². The molecule has 54 valence electrons. The Labute approximate surface area is 58.6 Å². The lowest BCUT2D eigenvalue weighted by Crippen LogP contribution is -2.15. The third-order valence-electron chi connectivity index (χ3n) is 0.774. The van der Waals surface area contributed by atoms with Gasteiger partial charge < -0.3 is 5.32 Å². The number of aliphatic imine (C=N–C) groups is 1. The van der Waals surface area contributed by atoms with Crippen LogP contribution in [0.5, 0.6) is 0 Å². The van der Waals surface area contributed by atoms with Crippen molar-refractivity contribution in [2.75, 3.05) is 7.05 Å². The molecule has 10 heavy (non-hydrogen) atoms. The number of urea groups is 1. The molecule has 0 radical (unpaired) electrons. The first-order chi connectivity index (χ1) is 4.74. The Balaban J connectivity index is 4.23. The summed E-state index contributed by atoms with van der Waals surface area (Å²) in [7, 11) is 1.43. The zero-order valence-corrected chi connectivity index (χ0v) is 5.63. The van der Waals surface area contributed by atoms with Crippen molar-refractivity contribution in [1.29, 1.82) is 0 Å². The molecule has 0 saturated heterocycles. The van der Waals surface area contributed by atoms with Crippen LogP contribution in [0.4, 0.5) is 4.79 Å². The van der Waals surface area contributed by atoms with Crippen molar-refractivity contribution < 1.29 is 9.59 Å². The molecule has 0 fully saturated rings. The molecule has 0 aromatic heterocycles. The van der Waals surface area contributed by atoms with Gasteiger partial charge in [-0.3, -0.25) is 4.79 Å². The van der Waals surface area contributed by atoms with Crippen LogP contribution in [0.2, 0.25) is 0 Å². The molecule has 2 amide bonds. The maximum absolute atomic E-state index is 10.4. The third-order valence-corrected chi connectivity index (χ3v) is 0.774. The second-order valence-electron chi connectivity index (χ2n) is 1.41. The zero-order valence-electron chi connectivity index (χ0n) is 5.63. The number of nitrogens with one attached hydrogen (secondary N) is 1. The van der Waals surface area contributed by atoms with Crippen molar-refractivity contribution in [3.8, 4) is 0 Å². The van der Waals surface area contributed by atoms with Gasteiger partial charge in [-0.15, -0.1) is 0 Å². The van der Waals surface area contributed by atoms with Crippen LogP contribution in [0.15, 0.2) is 17.6 Å². The minimum absolute atomic E-state index is 0.0272. The first-order valence-corrected chi connectivity index (χ1v) is 2.62. The van der Waals surface area contributed by atoms with E-state index >= 15 is 0 Å². The smallest absolute Gasteiger partial charge is 0.339 e. The van der Waals surface area contributed by atoms with Gasteiger partial charge in [0.15, 0.2) is 6.29 Å². The number of carbonyl (C=O) groups excluding carboxylic acids is 2. The number of amides is 2. The number of carbonyl (C=O) groups is 2. The van der Waals surface area contributed by atoms with Gasteiger partial charge in [-0.1, -0.05) is 6.58 Å². The van der Waals surface area contributed by atoms with Crippen LogP contribution in [0.25, 0.3) is 0 Å². The Kier molecular flexibility index (Phi) is 3.79. The number of aldehydes is 1. The molecule has 0 rings (SSSR count). The fraction of sp³-hybridized carbons (Fsp3) is 0.167. The molecule has 0 aliphatic carbocycles. The molecule has 1 N–H and O–H groups in total. The molecule has 0 aliphatic rings. The van der Waals surface area contributed by atoms with Gasteiger partial charge in [0.05, 0.1) is 0 Å². The molecule has 0 unspecified atom stereocenters. The molecular formula is C6H8N2O2. The van der Waals surface area contributed by atoms with Crippen molar-refractivity contribution in [1.82, 2.24) is 5.32 Å². The Hall–Kier alpha value is -1.45. The average molecular weight is 140 g/mol. The Bertz CT molecular complexity index is 174. The summed E-state index contributed by atoms with van der Waals surface area (Å²) < 4.78 is 0. The van der Waals surface area contributed by atoms with E-state index in [1.807, 2.05) is 0 Å². The Morgan fingerprint density at radius 3 is 2.60 bits per heavy atom. The van der Waals surface area contributed by atoms with Gasteiger partial charge in [-0.05, 0) is 6.08 Å². The van der Waals surface area contributed by atoms with Gasteiger partial charge in [-0.2, -0.15) is 4.99 Å². The van der Waals surface area contributed by atoms with E-state index < -0.39 is 6.03 Å². The standard InChI is InChI=1S/C6H8N2O2/c1-3-5(4-9)8-6(10)7-2/h3-4H,1H2,2H3,(H,7,10)/b8-5+. The van der Waals surface area contributed by atoms with Crippen LogP contribution in [0, 0.1) is 0 Å². The van der Waals surface area contributed by atoms with Gasteiger partial charge in [0, 0.05) is 7.05 Å². The van der Waals surface area contributed by atoms with Crippen LogP contribution in [0.1, 0.15) is 0 Å². The third kappa shape index (κ3) is 2.76. The maximum atomic E-state index is 10.4. The lowest BCUT2D eigenvalue weighted by molar-refractivity contribution is -0.102. The quantitative estimate of drug-likeness (QED) is 0.438. The van der Waals surface area contributed by atoms with Crippen LogP contribution in [-0.2, 0) is 4.79 Å². The minimum atomic E-state index is -0.554. The summed E-state index contributed by atoms with van der Waals surface area (Å²) in [6.45, 7) is 3.28. The van der Waals surface area contributed by atoms with Crippen molar-refractivity contribution in [2.24, 2.45) is 4.99 Å². The summed E-state index contributed by atoms with van der Waals surface area (Å²) in [6, 6.07) is -0.554. The highest BCUT2D eigenvalue weighted by atomic mass is 16.2. The van der Waals surface area contributed by atoms with E-state index in [0.29, 0.717) is 6.29 Å². The normalized spacial score (nSPS) is 10.3. The van der Waals surface area contributed by atoms with E-state index in [2.05, 4.69) is 16.9 Å². The summed E-state index contributed by atoms with van der Waals surface area (Å²) in [5.41, 5.74) is 0.0272. The molecule has 0 saturated carbocycles. The monoisotopic (exact) mass is 140 g/mol. The highest BCUT2D eigenvalue weighted by molar-refractivity contribution is 6.35. The van der Waals surface area contributed by atoms with Gasteiger partial charge >= 0.3 is 6.03 Å². The van der Waals surface area contributed by atoms with E-state index in [-0.39, 0.29) is 5.71 Å². The lowest BCUT2D eigenvalue weighted by Gasteiger charge is -1.89. The first kappa shape index (κ1) is 8.55. The molecule has 4 nitrogen and oxygen atoms in total. The predicted molar refractivity (Wildman–Crippen MR) is 38.2 cm³/mol. The molecule has 0 aromatic carbocycles. The van der Waals surface area contributed by atoms with Crippen molar-refractivity contribution in [2.45, 2.75) is 0 Å². The summed E-state index contributed by atoms with van der Waals surface area (Å²) in [5.74, 6) is 0. The second kappa shape index (κ2) is 4.43. The summed E-state index contributed by atoms with van der Waals surface area (Å²) in [6.07, 6.45) is 1.67. The van der Waals surface area contributed by atoms with Crippen molar-refractivity contribution in [3.05, 3.63) is 12.7 Å². The van der Waals surface area contributed by atoms with Gasteiger partial charge in [0.25, 0.3) is 0 Å². The largest absolute Gasteiger partial charge is 0.341 e. The van der Waals surface area contributed by atoms with Gasteiger partial charge in [0.2, 0.25) is 0 Å². The van der Waals surface area contributed by atoms with E-state index in [1.54, 1.807) is 0 Å². The molecule has 0 spiro atoms. The van der Waals surface area contributed by atoms with E-state index in [4.69, 9.17) is 0 Å². The highest BCUT2D eigenvalue weighted by Crippen LogP contribution is 1.77. The molecule has 0 heterocycles. The lowest BCUT2D eigenvalue weighted by atomic mass is 10.4. The summed E-state index contributed by atoms with van der Waals surface area (Å²) >= 11 is 0. The van der Waals surface area contributed by atoms with E-state index in [9.17, 15) is 9.59 Å². The number of nitrogens with zero attached hydrogens (tertiary/aromatic N) is 1. The van der Waals surface area contributed by atoms with Crippen molar-refractivity contribution in [3.63, 3.8) is 0 Å². The van der Waals surface area contributed by atoms with Crippen LogP contribution >= 0.6 is 0 Å². The molecule has 0 atom stereocenters. The summed E-state index contributed by atoms with van der Waals surface area (Å²) in [4.78, 5) is 23.8.